The number of amides is 1. The Balaban J connectivity index is 2.55. The van der Waals surface area contributed by atoms with E-state index in [4.69, 9.17) is 17.3 Å². The Labute approximate surface area is 94.6 Å². The molecule has 0 aliphatic heterocycles. The van der Waals surface area contributed by atoms with Gasteiger partial charge in [-0.3, -0.25) is 4.79 Å². The van der Waals surface area contributed by atoms with Gasteiger partial charge in [-0.1, -0.05) is 30.7 Å². The molecule has 1 aromatic carbocycles. The van der Waals surface area contributed by atoms with E-state index in [9.17, 15) is 4.79 Å². The predicted octanol–water partition coefficient (Wildman–Crippen LogP) is 2.26. The summed E-state index contributed by atoms with van der Waals surface area (Å²) >= 11 is 5.90. The second-order valence-electron chi connectivity index (χ2n) is 3.57. The van der Waals surface area contributed by atoms with Crippen LogP contribution in [0.15, 0.2) is 24.3 Å². The minimum absolute atomic E-state index is 0.0546. The Bertz CT molecular complexity index is 341. The molecule has 0 radical (unpaired) electrons. The molecule has 0 aliphatic rings. The van der Waals surface area contributed by atoms with Gasteiger partial charge in [0.15, 0.2) is 0 Å². The lowest BCUT2D eigenvalue weighted by molar-refractivity contribution is -0.116. The minimum Gasteiger partial charge on any atom is -0.330 e. The van der Waals surface area contributed by atoms with Gasteiger partial charge in [0.2, 0.25) is 5.91 Å². The molecule has 4 heteroatoms. The van der Waals surface area contributed by atoms with Crippen molar-refractivity contribution in [3.63, 3.8) is 0 Å². The van der Waals surface area contributed by atoms with Crippen LogP contribution >= 0.6 is 11.6 Å². The van der Waals surface area contributed by atoms with Gasteiger partial charge in [0.25, 0.3) is 0 Å². The molecule has 1 rings (SSSR count). The lowest BCUT2D eigenvalue weighted by Crippen LogP contribution is -2.20. The van der Waals surface area contributed by atoms with E-state index in [-0.39, 0.29) is 11.8 Å². The molecule has 15 heavy (non-hydrogen) atoms. The second-order valence-corrected chi connectivity index (χ2v) is 3.98. The Morgan fingerprint density at radius 1 is 1.53 bits per heavy atom. The number of nitrogens with one attached hydrogen (secondary N) is 1. The molecule has 82 valence electrons. The number of para-hydroxylation sites is 1. The zero-order valence-electron chi connectivity index (χ0n) is 8.66. The number of hydrogen-bond acceptors (Lipinski definition) is 2. The van der Waals surface area contributed by atoms with Crippen molar-refractivity contribution in [2.45, 2.75) is 13.3 Å². The fraction of sp³-hybridized carbons (Fsp3) is 0.364. The number of benzene rings is 1. The fourth-order valence-corrected chi connectivity index (χ4v) is 1.35. The van der Waals surface area contributed by atoms with Crippen molar-refractivity contribution >= 4 is 23.2 Å². The van der Waals surface area contributed by atoms with Crippen molar-refractivity contribution in [1.29, 1.82) is 0 Å². The molecule has 3 nitrogen and oxygen atoms in total. The highest BCUT2D eigenvalue weighted by Crippen LogP contribution is 2.20. The van der Waals surface area contributed by atoms with Crippen LogP contribution in [0.25, 0.3) is 0 Å². The van der Waals surface area contributed by atoms with Crippen molar-refractivity contribution in [2.75, 3.05) is 11.9 Å². The first-order valence-corrected chi connectivity index (χ1v) is 5.25. The monoisotopic (exact) mass is 226 g/mol. The van der Waals surface area contributed by atoms with E-state index >= 15 is 0 Å². The predicted molar refractivity (Wildman–Crippen MR) is 62.9 cm³/mol. The molecule has 3 N–H and O–H groups in total. The van der Waals surface area contributed by atoms with Crippen molar-refractivity contribution in [1.82, 2.24) is 0 Å². The summed E-state index contributed by atoms with van der Waals surface area (Å²) in [6, 6.07) is 7.16. The van der Waals surface area contributed by atoms with Crippen LogP contribution in [0, 0.1) is 5.92 Å². The maximum Gasteiger partial charge on any atom is 0.224 e. The number of carbonyl (C=O) groups is 1. The Kier molecular flexibility index (Phi) is 4.59. The van der Waals surface area contributed by atoms with Gasteiger partial charge in [-0.25, -0.2) is 0 Å². The number of hydrogen-bond donors (Lipinski definition) is 2. The van der Waals surface area contributed by atoms with Gasteiger partial charge in [-0.2, -0.15) is 0 Å². The standard InChI is InChI=1S/C11H15ClN2O/c1-8(7-13)6-11(15)14-10-5-3-2-4-9(10)12/h2-5,8H,6-7,13H2,1H3,(H,14,15). The summed E-state index contributed by atoms with van der Waals surface area (Å²) in [5.41, 5.74) is 6.08. The highest BCUT2D eigenvalue weighted by molar-refractivity contribution is 6.33. The van der Waals surface area contributed by atoms with Crippen molar-refractivity contribution in [3.05, 3.63) is 29.3 Å². The Hall–Kier alpha value is -1.06. The molecule has 1 amide bonds. The number of rotatable bonds is 4. The van der Waals surface area contributed by atoms with E-state index < -0.39 is 0 Å². The molecule has 1 atom stereocenters. The average Bonchev–Trinajstić information content (AvgIpc) is 2.21. The molecule has 0 saturated carbocycles. The normalized spacial score (nSPS) is 12.2. The summed E-state index contributed by atoms with van der Waals surface area (Å²) in [4.78, 5) is 11.5. The number of nitrogens with two attached hydrogens (primary N) is 1. The van der Waals surface area contributed by atoms with E-state index in [1.54, 1.807) is 12.1 Å². The van der Waals surface area contributed by atoms with E-state index in [2.05, 4.69) is 5.32 Å². The Morgan fingerprint density at radius 2 is 2.20 bits per heavy atom. The van der Waals surface area contributed by atoms with E-state index in [0.29, 0.717) is 23.7 Å². The maximum atomic E-state index is 11.5. The summed E-state index contributed by atoms with van der Waals surface area (Å²) in [6.07, 6.45) is 0.418. The van der Waals surface area contributed by atoms with E-state index in [0.717, 1.165) is 0 Å². The van der Waals surface area contributed by atoms with Crippen LogP contribution in [-0.4, -0.2) is 12.5 Å². The van der Waals surface area contributed by atoms with E-state index in [1.807, 2.05) is 19.1 Å². The molecule has 1 aromatic rings. The molecule has 1 unspecified atom stereocenters. The van der Waals surface area contributed by atoms with Gasteiger partial charge in [0, 0.05) is 6.42 Å². The molecule has 0 aromatic heterocycles. The van der Waals surface area contributed by atoms with E-state index in [1.165, 1.54) is 0 Å². The van der Waals surface area contributed by atoms with Crippen molar-refractivity contribution < 1.29 is 4.79 Å². The first-order valence-electron chi connectivity index (χ1n) is 4.88. The van der Waals surface area contributed by atoms with Crippen LogP contribution in [0.2, 0.25) is 5.02 Å². The number of carbonyl (C=O) groups excluding carboxylic acids is 1. The summed E-state index contributed by atoms with van der Waals surface area (Å²) < 4.78 is 0. The lowest BCUT2D eigenvalue weighted by atomic mass is 10.1. The van der Waals surface area contributed by atoms with Gasteiger partial charge in [0.05, 0.1) is 10.7 Å². The van der Waals surface area contributed by atoms with Gasteiger partial charge in [-0.05, 0) is 24.6 Å². The summed E-state index contributed by atoms with van der Waals surface area (Å²) in [5.74, 6) is 0.133. The Morgan fingerprint density at radius 3 is 2.80 bits per heavy atom. The molecule has 0 spiro atoms. The maximum absolute atomic E-state index is 11.5. The molecule has 0 bridgehead atoms. The van der Waals surface area contributed by atoms with Crippen LogP contribution < -0.4 is 11.1 Å². The molecular formula is C11H15ClN2O. The molecule has 0 saturated heterocycles. The SMILES string of the molecule is CC(CN)CC(=O)Nc1ccccc1Cl. The smallest absolute Gasteiger partial charge is 0.224 e. The molecule has 0 heterocycles. The third kappa shape index (κ3) is 3.90. The first-order chi connectivity index (χ1) is 7.13. The van der Waals surface area contributed by atoms with Gasteiger partial charge in [-0.15, -0.1) is 0 Å². The van der Waals surface area contributed by atoms with Gasteiger partial charge < -0.3 is 11.1 Å². The largest absolute Gasteiger partial charge is 0.330 e. The van der Waals surface area contributed by atoms with Gasteiger partial charge >= 0.3 is 0 Å². The van der Waals surface area contributed by atoms with Crippen molar-refractivity contribution in [2.24, 2.45) is 11.7 Å². The molecule has 0 fully saturated rings. The fourth-order valence-electron chi connectivity index (χ4n) is 1.16. The number of halogens is 1. The quantitative estimate of drug-likeness (QED) is 0.828. The second kappa shape index (κ2) is 5.73. The lowest BCUT2D eigenvalue weighted by Gasteiger charge is -2.09. The molecular weight excluding hydrogens is 212 g/mol. The molecule has 0 aliphatic carbocycles. The summed E-state index contributed by atoms with van der Waals surface area (Å²) in [5, 5.41) is 3.30. The van der Waals surface area contributed by atoms with Crippen LogP contribution in [0.4, 0.5) is 5.69 Å². The van der Waals surface area contributed by atoms with Crippen molar-refractivity contribution in [3.8, 4) is 0 Å². The van der Waals surface area contributed by atoms with Crippen LogP contribution in [0.1, 0.15) is 13.3 Å². The zero-order valence-corrected chi connectivity index (χ0v) is 9.42. The third-order valence-corrected chi connectivity index (χ3v) is 2.41. The highest BCUT2D eigenvalue weighted by Gasteiger charge is 2.08. The van der Waals surface area contributed by atoms with Crippen LogP contribution in [0.3, 0.4) is 0 Å². The average molecular weight is 227 g/mol. The number of anilines is 1. The first kappa shape index (κ1) is 12.0. The van der Waals surface area contributed by atoms with Crippen LogP contribution in [-0.2, 0) is 4.79 Å². The van der Waals surface area contributed by atoms with Gasteiger partial charge in [0.1, 0.15) is 0 Å². The van der Waals surface area contributed by atoms with Crippen LogP contribution in [0.5, 0.6) is 0 Å². The summed E-state index contributed by atoms with van der Waals surface area (Å²) in [6.45, 7) is 2.45. The highest BCUT2D eigenvalue weighted by atomic mass is 35.5. The topological polar surface area (TPSA) is 55.1 Å². The minimum atomic E-state index is -0.0546. The third-order valence-electron chi connectivity index (χ3n) is 2.08. The zero-order chi connectivity index (χ0) is 11.3. The summed E-state index contributed by atoms with van der Waals surface area (Å²) in [7, 11) is 0.